The van der Waals surface area contributed by atoms with Crippen LogP contribution in [0, 0.1) is 6.92 Å². The molecule has 1 amide bonds. The van der Waals surface area contributed by atoms with Crippen LogP contribution in [-0.2, 0) is 22.6 Å². The summed E-state index contributed by atoms with van der Waals surface area (Å²) in [6.07, 6.45) is -3.44. The van der Waals surface area contributed by atoms with Gasteiger partial charge in [0.25, 0.3) is 5.91 Å². The lowest BCUT2D eigenvalue weighted by molar-refractivity contribution is -0.137. The largest absolute Gasteiger partial charge is 0.487 e. The first-order valence-corrected chi connectivity index (χ1v) is 13.6. The number of benzene rings is 4. The molecule has 0 heterocycles. The first kappa shape index (κ1) is 27.0. The van der Waals surface area contributed by atoms with Crippen molar-refractivity contribution in [3.05, 3.63) is 101 Å². The van der Waals surface area contributed by atoms with Crippen molar-refractivity contribution in [1.82, 2.24) is 0 Å². The first-order chi connectivity index (χ1) is 17.9. The van der Waals surface area contributed by atoms with Gasteiger partial charge in [-0.05, 0) is 65.2 Å². The van der Waals surface area contributed by atoms with Gasteiger partial charge in [0.15, 0.2) is 9.84 Å². The lowest BCUT2D eigenvalue weighted by Crippen LogP contribution is -2.14. The monoisotopic (exact) mass is 542 g/mol. The van der Waals surface area contributed by atoms with E-state index in [1.807, 2.05) is 30.3 Å². The zero-order valence-electron chi connectivity index (χ0n) is 20.6. The Morgan fingerprint density at radius 2 is 1.66 bits per heavy atom. The van der Waals surface area contributed by atoms with Gasteiger partial charge in [-0.3, -0.25) is 4.79 Å². The van der Waals surface area contributed by atoms with Gasteiger partial charge in [-0.1, -0.05) is 36.4 Å². The first-order valence-electron chi connectivity index (χ1n) is 11.5. The molecule has 4 aromatic rings. The molecule has 2 N–H and O–H groups in total. The summed E-state index contributed by atoms with van der Waals surface area (Å²) < 4.78 is 68.8. The van der Waals surface area contributed by atoms with Crippen molar-refractivity contribution in [1.29, 1.82) is 0 Å². The smallest absolute Gasteiger partial charge is 0.416 e. The van der Waals surface area contributed by atoms with E-state index in [1.165, 1.54) is 18.2 Å². The van der Waals surface area contributed by atoms with E-state index >= 15 is 0 Å². The number of amides is 1. The molecule has 0 radical (unpaired) electrons. The van der Waals surface area contributed by atoms with Gasteiger partial charge in [0.05, 0.1) is 11.3 Å². The van der Waals surface area contributed by atoms with Gasteiger partial charge >= 0.3 is 6.18 Å². The van der Waals surface area contributed by atoms with Crippen molar-refractivity contribution in [3.63, 3.8) is 0 Å². The summed E-state index contributed by atoms with van der Waals surface area (Å²) in [5.41, 5.74) is 1.23. The Bertz CT molecular complexity index is 1600. The van der Waals surface area contributed by atoms with Gasteiger partial charge in [-0.25, -0.2) is 8.42 Å². The van der Waals surface area contributed by atoms with Gasteiger partial charge < -0.3 is 15.4 Å². The van der Waals surface area contributed by atoms with Crippen LogP contribution in [0.25, 0.3) is 10.8 Å². The molecule has 0 atom stereocenters. The fourth-order valence-electron chi connectivity index (χ4n) is 3.77. The summed E-state index contributed by atoms with van der Waals surface area (Å²) in [6, 6.07) is 20.9. The molecule has 0 fully saturated rings. The van der Waals surface area contributed by atoms with Crippen LogP contribution in [0.3, 0.4) is 0 Å². The van der Waals surface area contributed by atoms with E-state index < -0.39 is 21.6 Å². The molecule has 6 nitrogen and oxygen atoms in total. The molecule has 0 aromatic heterocycles. The van der Waals surface area contributed by atoms with E-state index in [9.17, 15) is 26.4 Å². The number of carbonyl (C=O) groups excluding carboxylic acids is 1. The van der Waals surface area contributed by atoms with Crippen LogP contribution >= 0.6 is 0 Å². The van der Waals surface area contributed by atoms with Crippen molar-refractivity contribution in [2.45, 2.75) is 19.7 Å². The maximum absolute atomic E-state index is 13.2. The maximum Gasteiger partial charge on any atom is 0.416 e. The van der Waals surface area contributed by atoms with Crippen LogP contribution in [0.1, 0.15) is 27.0 Å². The van der Waals surface area contributed by atoms with Crippen LogP contribution in [0.4, 0.5) is 24.5 Å². The van der Waals surface area contributed by atoms with Gasteiger partial charge in [0.1, 0.15) is 18.2 Å². The normalized spacial score (nSPS) is 11.8. The minimum absolute atomic E-state index is 0.168. The van der Waals surface area contributed by atoms with E-state index in [0.29, 0.717) is 28.1 Å². The number of rotatable bonds is 8. The summed E-state index contributed by atoms with van der Waals surface area (Å²) in [7, 11) is -3.38. The number of halogens is 3. The number of nitrogens with one attached hydrogen (secondary N) is 2. The van der Waals surface area contributed by atoms with Crippen LogP contribution in [0.15, 0.2) is 78.9 Å². The second-order valence-corrected chi connectivity index (χ2v) is 11.0. The lowest BCUT2D eigenvalue weighted by atomic mass is 10.1. The third-order valence-corrected chi connectivity index (χ3v) is 6.50. The predicted molar refractivity (Wildman–Crippen MR) is 142 cm³/mol. The molecule has 0 aliphatic heterocycles. The molecule has 4 aromatic carbocycles. The van der Waals surface area contributed by atoms with Crippen LogP contribution < -0.4 is 15.4 Å². The second-order valence-electron chi connectivity index (χ2n) is 8.90. The Morgan fingerprint density at radius 1 is 0.921 bits per heavy atom. The predicted octanol–water partition coefficient (Wildman–Crippen LogP) is 6.41. The number of hydrogen-bond donors (Lipinski definition) is 2. The third kappa shape index (κ3) is 6.83. The number of sulfone groups is 1. The summed E-state index contributed by atoms with van der Waals surface area (Å²) in [5, 5.41) is 7.45. The summed E-state index contributed by atoms with van der Waals surface area (Å²) >= 11 is 0. The number of alkyl halides is 3. The molecule has 0 bridgehead atoms. The number of ether oxygens (including phenoxy) is 1. The second kappa shape index (κ2) is 10.7. The molecule has 0 unspecified atom stereocenters. The van der Waals surface area contributed by atoms with Crippen LogP contribution in [0.2, 0.25) is 0 Å². The molecular weight excluding hydrogens is 517 g/mol. The summed E-state index contributed by atoms with van der Waals surface area (Å²) in [6.45, 7) is 1.47. The average Bonchev–Trinajstić information content (AvgIpc) is 2.86. The standard InChI is InChI=1S/C28H25F3N2O4S/c1-18-7-10-23(28(29,30)31)14-22(18)16-37-26-15-24(11-12-25(26)32-17-38(2,35)36)33-27(34)21-9-8-19-5-3-4-6-20(19)13-21/h3-15,32H,16-17H2,1-2H3,(H,33,34). The van der Waals surface area contributed by atoms with E-state index in [4.69, 9.17) is 4.74 Å². The van der Waals surface area contributed by atoms with E-state index in [1.54, 1.807) is 25.1 Å². The highest BCUT2D eigenvalue weighted by Gasteiger charge is 2.30. The van der Waals surface area contributed by atoms with Crippen molar-refractivity contribution in [2.24, 2.45) is 0 Å². The molecule has 4 rings (SSSR count). The SMILES string of the molecule is Cc1ccc(C(F)(F)F)cc1COc1cc(NC(=O)c2ccc3ccccc3c2)ccc1NCS(C)(=O)=O. The summed E-state index contributed by atoms with van der Waals surface area (Å²) in [5.74, 6) is -0.580. The van der Waals surface area contributed by atoms with Crippen LogP contribution in [-0.4, -0.2) is 26.5 Å². The number of carbonyl (C=O) groups is 1. The Morgan fingerprint density at radius 3 is 2.37 bits per heavy atom. The number of anilines is 2. The molecular formula is C28H25F3N2O4S. The van der Waals surface area contributed by atoms with Crippen molar-refractivity contribution < 1.29 is 31.1 Å². The lowest BCUT2D eigenvalue weighted by Gasteiger charge is -2.17. The highest BCUT2D eigenvalue weighted by molar-refractivity contribution is 7.90. The Balaban J connectivity index is 1.59. The Labute approximate surface area is 218 Å². The van der Waals surface area contributed by atoms with E-state index in [0.717, 1.165) is 29.2 Å². The molecule has 0 spiro atoms. The Hall–Kier alpha value is -4.05. The molecule has 0 saturated heterocycles. The molecule has 0 aliphatic rings. The molecule has 0 saturated carbocycles. The highest BCUT2D eigenvalue weighted by atomic mass is 32.2. The number of aryl methyl sites for hydroxylation is 1. The quantitative estimate of drug-likeness (QED) is 0.269. The minimum atomic E-state index is -4.50. The zero-order chi connectivity index (χ0) is 27.5. The third-order valence-electron chi connectivity index (χ3n) is 5.84. The van der Waals surface area contributed by atoms with E-state index in [-0.39, 0.29) is 24.1 Å². The van der Waals surface area contributed by atoms with Gasteiger partial charge in [-0.15, -0.1) is 0 Å². The fraction of sp³-hybridized carbons (Fsp3) is 0.179. The fourth-order valence-corrected chi connectivity index (χ4v) is 4.18. The van der Waals surface area contributed by atoms with Crippen LogP contribution in [0.5, 0.6) is 5.75 Å². The van der Waals surface area contributed by atoms with Gasteiger partial charge in [0.2, 0.25) is 0 Å². The molecule has 38 heavy (non-hydrogen) atoms. The maximum atomic E-state index is 13.2. The van der Waals surface area contributed by atoms with Gasteiger partial charge in [-0.2, -0.15) is 13.2 Å². The highest BCUT2D eigenvalue weighted by Crippen LogP contribution is 2.33. The average molecular weight is 543 g/mol. The molecule has 10 heteroatoms. The molecule has 0 aliphatic carbocycles. The topological polar surface area (TPSA) is 84.5 Å². The van der Waals surface area contributed by atoms with Crippen molar-refractivity contribution in [2.75, 3.05) is 22.8 Å². The minimum Gasteiger partial charge on any atom is -0.487 e. The Kier molecular flexibility index (Phi) is 7.63. The number of hydrogen-bond acceptors (Lipinski definition) is 5. The number of fused-ring (bicyclic) bond motifs is 1. The summed E-state index contributed by atoms with van der Waals surface area (Å²) in [4.78, 5) is 12.9. The van der Waals surface area contributed by atoms with Gasteiger partial charge in [0, 0.05) is 23.6 Å². The zero-order valence-corrected chi connectivity index (χ0v) is 21.4. The van der Waals surface area contributed by atoms with E-state index in [2.05, 4.69) is 10.6 Å². The molecule has 198 valence electrons. The van der Waals surface area contributed by atoms with Crippen molar-refractivity contribution >= 4 is 37.9 Å². The van der Waals surface area contributed by atoms with Crippen molar-refractivity contribution in [3.8, 4) is 5.75 Å².